The first-order valence-electron chi connectivity index (χ1n) is 12.6. The smallest absolute Gasteiger partial charge is 0.261 e. The summed E-state index contributed by atoms with van der Waals surface area (Å²) in [5, 5.41) is 0. The highest BCUT2D eigenvalue weighted by Crippen LogP contribution is 2.24. The Morgan fingerprint density at radius 2 is 1.11 bits per heavy atom. The maximum atomic E-state index is 13.1. The molecule has 0 radical (unpaired) electrons. The number of hydrogen-bond donors (Lipinski definition) is 0. The van der Waals surface area contributed by atoms with Gasteiger partial charge in [0.1, 0.15) is 0 Å². The van der Waals surface area contributed by atoms with E-state index >= 15 is 0 Å². The van der Waals surface area contributed by atoms with Crippen molar-refractivity contribution in [3.63, 3.8) is 0 Å². The van der Waals surface area contributed by atoms with Crippen LogP contribution in [0.15, 0.2) is 72.8 Å². The van der Waals surface area contributed by atoms with E-state index in [-0.39, 0.29) is 30.2 Å². The SMILES string of the molecule is CC(C)c1ccc(C(=O)N2CCN(C(=O)c3ccc(CN4C(=O)c5ccccc5C4=O)cc3)CC2)cc1. The minimum atomic E-state index is -0.302. The van der Waals surface area contributed by atoms with Crippen LogP contribution in [0.5, 0.6) is 0 Å². The van der Waals surface area contributed by atoms with Gasteiger partial charge in [0, 0.05) is 37.3 Å². The lowest BCUT2D eigenvalue weighted by Crippen LogP contribution is -2.50. The van der Waals surface area contributed by atoms with Crippen molar-refractivity contribution in [2.45, 2.75) is 26.3 Å². The summed E-state index contributed by atoms with van der Waals surface area (Å²) in [6.07, 6.45) is 0. The van der Waals surface area contributed by atoms with Gasteiger partial charge in [-0.05, 0) is 53.4 Å². The Kier molecular flexibility index (Phi) is 6.61. The van der Waals surface area contributed by atoms with E-state index in [1.54, 1.807) is 58.3 Å². The van der Waals surface area contributed by atoms with E-state index < -0.39 is 0 Å². The second kappa shape index (κ2) is 10.0. The van der Waals surface area contributed by atoms with E-state index in [2.05, 4.69) is 13.8 Å². The van der Waals surface area contributed by atoms with Gasteiger partial charge < -0.3 is 9.80 Å². The second-order valence-corrected chi connectivity index (χ2v) is 9.80. The van der Waals surface area contributed by atoms with Crippen molar-refractivity contribution in [2.75, 3.05) is 26.2 Å². The van der Waals surface area contributed by atoms with Crippen molar-refractivity contribution >= 4 is 23.6 Å². The molecule has 0 saturated carbocycles. The van der Waals surface area contributed by atoms with E-state index in [0.717, 1.165) is 5.56 Å². The molecule has 3 aromatic rings. The van der Waals surface area contributed by atoms with Gasteiger partial charge in [-0.1, -0.05) is 50.2 Å². The van der Waals surface area contributed by atoms with Gasteiger partial charge in [-0.15, -0.1) is 0 Å². The third-order valence-electron chi connectivity index (χ3n) is 7.10. The molecule has 188 valence electrons. The zero-order valence-corrected chi connectivity index (χ0v) is 21.0. The largest absolute Gasteiger partial charge is 0.335 e. The third-order valence-corrected chi connectivity index (χ3v) is 7.10. The van der Waals surface area contributed by atoms with Gasteiger partial charge in [-0.3, -0.25) is 24.1 Å². The van der Waals surface area contributed by atoms with Crippen LogP contribution in [-0.4, -0.2) is 64.5 Å². The van der Waals surface area contributed by atoms with Crippen LogP contribution in [0, 0.1) is 0 Å². The summed E-state index contributed by atoms with van der Waals surface area (Å²) in [5.74, 6) is -0.302. The number of amides is 4. The lowest BCUT2D eigenvalue weighted by atomic mass is 10.0. The first kappa shape index (κ1) is 24.4. The van der Waals surface area contributed by atoms with Crippen molar-refractivity contribution < 1.29 is 19.2 Å². The predicted molar refractivity (Wildman–Crippen MR) is 139 cm³/mol. The quantitative estimate of drug-likeness (QED) is 0.497. The lowest BCUT2D eigenvalue weighted by molar-refractivity contribution is 0.0535. The molecule has 0 aliphatic carbocycles. The topological polar surface area (TPSA) is 78.0 Å². The molecule has 0 unspecified atom stereocenters. The minimum Gasteiger partial charge on any atom is -0.335 e. The number of rotatable bonds is 5. The van der Waals surface area contributed by atoms with Gasteiger partial charge in [0.15, 0.2) is 0 Å². The van der Waals surface area contributed by atoms with Crippen LogP contribution in [-0.2, 0) is 6.54 Å². The lowest BCUT2D eigenvalue weighted by Gasteiger charge is -2.35. The zero-order chi connectivity index (χ0) is 26.1. The molecule has 0 atom stereocenters. The summed E-state index contributed by atoms with van der Waals surface area (Å²) in [6, 6.07) is 21.5. The standard InChI is InChI=1S/C30H29N3O4/c1-20(2)22-11-13-24(14-12-22)28(35)32-17-15-31(16-18-32)27(34)23-9-7-21(8-10-23)19-33-29(36)25-5-3-4-6-26(25)30(33)37/h3-14,20H,15-19H2,1-2H3. The molecule has 2 aliphatic heterocycles. The number of imide groups is 1. The van der Waals surface area contributed by atoms with E-state index in [1.165, 1.54) is 10.5 Å². The molecule has 3 aromatic carbocycles. The van der Waals surface area contributed by atoms with Gasteiger partial charge in [-0.25, -0.2) is 0 Å². The molecule has 5 rings (SSSR count). The number of carbonyl (C=O) groups is 4. The maximum Gasteiger partial charge on any atom is 0.261 e. The van der Waals surface area contributed by atoms with Crippen LogP contribution in [0.4, 0.5) is 0 Å². The molecule has 0 bridgehead atoms. The minimum absolute atomic E-state index is 0.0140. The molecular weight excluding hydrogens is 466 g/mol. The molecule has 7 nitrogen and oxygen atoms in total. The van der Waals surface area contributed by atoms with Gasteiger partial charge >= 0.3 is 0 Å². The molecule has 2 heterocycles. The van der Waals surface area contributed by atoms with Gasteiger partial charge in [0.05, 0.1) is 17.7 Å². The summed E-state index contributed by atoms with van der Waals surface area (Å²) in [6.45, 7) is 6.28. The Labute approximate surface area is 216 Å². The summed E-state index contributed by atoms with van der Waals surface area (Å²) in [5.41, 5.74) is 4.01. The molecule has 2 aliphatic rings. The molecule has 1 saturated heterocycles. The number of piperazine rings is 1. The van der Waals surface area contributed by atoms with Crippen LogP contribution in [0.3, 0.4) is 0 Å². The van der Waals surface area contributed by atoms with E-state index in [1.807, 2.05) is 24.3 Å². The number of hydrogen-bond acceptors (Lipinski definition) is 4. The fourth-order valence-corrected chi connectivity index (χ4v) is 4.81. The summed E-state index contributed by atoms with van der Waals surface area (Å²) in [7, 11) is 0. The normalized spacial score (nSPS) is 15.4. The highest BCUT2D eigenvalue weighted by molar-refractivity contribution is 6.21. The highest BCUT2D eigenvalue weighted by Gasteiger charge is 2.35. The Hall–Kier alpha value is -4.26. The average Bonchev–Trinajstić information content (AvgIpc) is 3.17. The molecule has 0 N–H and O–H groups in total. The molecule has 7 heteroatoms. The van der Waals surface area contributed by atoms with Gasteiger partial charge in [-0.2, -0.15) is 0 Å². The first-order valence-corrected chi connectivity index (χ1v) is 12.6. The number of carbonyl (C=O) groups excluding carboxylic acids is 4. The summed E-state index contributed by atoms with van der Waals surface area (Å²) >= 11 is 0. The van der Waals surface area contributed by atoms with Crippen molar-refractivity contribution in [2.24, 2.45) is 0 Å². The summed E-state index contributed by atoms with van der Waals surface area (Å²) in [4.78, 5) is 56.0. The molecule has 1 fully saturated rings. The van der Waals surface area contributed by atoms with Crippen molar-refractivity contribution in [1.82, 2.24) is 14.7 Å². The Morgan fingerprint density at radius 1 is 0.676 bits per heavy atom. The van der Waals surface area contributed by atoms with E-state index in [0.29, 0.717) is 54.4 Å². The first-order chi connectivity index (χ1) is 17.8. The fourth-order valence-electron chi connectivity index (χ4n) is 4.81. The van der Waals surface area contributed by atoms with Crippen LogP contribution >= 0.6 is 0 Å². The summed E-state index contributed by atoms with van der Waals surface area (Å²) < 4.78 is 0. The molecule has 0 spiro atoms. The van der Waals surface area contributed by atoms with Crippen molar-refractivity contribution in [3.8, 4) is 0 Å². The van der Waals surface area contributed by atoms with Crippen LogP contribution in [0.2, 0.25) is 0 Å². The third kappa shape index (κ3) is 4.77. The predicted octanol–water partition coefficient (Wildman–Crippen LogP) is 4.20. The molecule has 4 amide bonds. The number of benzene rings is 3. The average molecular weight is 496 g/mol. The fraction of sp³-hybridized carbons (Fsp3) is 0.267. The van der Waals surface area contributed by atoms with Crippen molar-refractivity contribution in [3.05, 3.63) is 106 Å². The van der Waals surface area contributed by atoms with Crippen LogP contribution in [0.1, 0.15) is 72.3 Å². The number of nitrogens with zero attached hydrogens (tertiary/aromatic N) is 3. The molecular formula is C30H29N3O4. The molecule has 37 heavy (non-hydrogen) atoms. The Bertz CT molecular complexity index is 1320. The zero-order valence-electron chi connectivity index (χ0n) is 21.0. The van der Waals surface area contributed by atoms with Crippen LogP contribution < -0.4 is 0 Å². The Morgan fingerprint density at radius 3 is 1.54 bits per heavy atom. The Balaban J connectivity index is 1.17. The number of fused-ring (bicyclic) bond motifs is 1. The highest BCUT2D eigenvalue weighted by atomic mass is 16.2. The van der Waals surface area contributed by atoms with Gasteiger partial charge in [0.2, 0.25) is 0 Å². The maximum absolute atomic E-state index is 13.1. The van der Waals surface area contributed by atoms with E-state index in [9.17, 15) is 19.2 Å². The van der Waals surface area contributed by atoms with Gasteiger partial charge in [0.25, 0.3) is 23.6 Å². The van der Waals surface area contributed by atoms with E-state index in [4.69, 9.17) is 0 Å². The van der Waals surface area contributed by atoms with Crippen LogP contribution in [0.25, 0.3) is 0 Å². The monoisotopic (exact) mass is 495 g/mol. The molecule has 0 aromatic heterocycles. The second-order valence-electron chi connectivity index (χ2n) is 9.80. The van der Waals surface area contributed by atoms with Crippen molar-refractivity contribution in [1.29, 1.82) is 0 Å².